The summed E-state index contributed by atoms with van der Waals surface area (Å²) < 4.78 is 5.32. The number of aryl methyl sites for hydroxylation is 1. The minimum Gasteiger partial charge on any atom is -0.339 e. The maximum Gasteiger partial charge on any atom is 0.227 e. The molecule has 0 aromatic carbocycles. The van der Waals surface area contributed by atoms with Gasteiger partial charge >= 0.3 is 0 Å². The smallest absolute Gasteiger partial charge is 0.227 e. The third kappa shape index (κ3) is 3.46. The van der Waals surface area contributed by atoms with Gasteiger partial charge in [-0.25, -0.2) is 0 Å². The molecule has 0 N–H and O–H groups in total. The molecule has 4 nitrogen and oxygen atoms in total. The Labute approximate surface area is 123 Å². The second kappa shape index (κ2) is 6.50. The number of rotatable bonds is 5. The van der Waals surface area contributed by atoms with Gasteiger partial charge < -0.3 is 9.42 Å². The average molecular weight is 291 g/mol. The van der Waals surface area contributed by atoms with E-state index in [1.807, 2.05) is 17.5 Å². The first-order valence-electron chi connectivity index (χ1n) is 7.40. The first-order valence-corrected chi connectivity index (χ1v) is 8.28. The first-order chi connectivity index (χ1) is 9.81. The Bertz CT molecular complexity index is 515. The second-order valence-electron chi connectivity index (χ2n) is 5.62. The normalized spacial score (nSPS) is 17.6. The van der Waals surface area contributed by atoms with Crippen molar-refractivity contribution < 1.29 is 4.52 Å². The molecule has 1 fully saturated rings. The van der Waals surface area contributed by atoms with Crippen molar-refractivity contribution in [1.29, 1.82) is 0 Å². The third-order valence-electron chi connectivity index (χ3n) is 3.95. The van der Waals surface area contributed by atoms with Gasteiger partial charge in [0.2, 0.25) is 11.7 Å². The molecule has 5 heteroatoms. The molecule has 0 atom stereocenters. The van der Waals surface area contributed by atoms with E-state index in [9.17, 15) is 0 Å². The van der Waals surface area contributed by atoms with Crippen LogP contribution in [0.15, 0.2) is 22.0 Å². The highest BCUT2D eigenvalue weighted by molar-refractivity contribution is 7.13. The Morgan fingerprint density at radius 1 is 1.40 bits per heavy atom. The average Bonchev–Trinajstić information content (AvgIpc) is 3.11. The quantitative estimate of drug-likeness (QED) is 0.846. The largest absolute Gasteiger partial charge is 0.339 e. The fraction of sp³-hybridized carbons (Fsp3) is 0.600. The lowest BCUT2D eigenvalue weighted by Gasteiger charge is -2.29. The van der Waals surface area contributed by atoms with Gasteiger partial charge in [0.05, 0.1) is 4.88 Å². The second-order valence-corrected chi connectivity index (χ2v) is 6.56. The molecule has 3 rings (SSSR count). The molecule has 0 radical (unpaired) electrons. The molecule has 3 heterocycles. The van der Waals surface area contributed by atoms with Crippen LogP contribution in [0.25, 0.3) is 10.7 Å². The van der Waals surface area contributed by atoms with E-state index in [-0.39, 0.29) is 0 Å². The van der Waals surface area contributed by atoms with Crippen molar-refractivity contribution in [3.05, 3.63) is 23.4 Å². The number of thiophene rings is 1. The summed E-state index contributed by atoms with van der Waals surface area (Å²) in [5.41, 5.74) is 0. The van der Waals surface area contributed by atoms with Crippen LogP contribution in [0.2, 0.25) is 0 Å². The fourth-order valence-corrected chi connectivity index (χ4v) is 3.25. The fourth-order valence-electron chi connectivity index (χ4n) is 2.60. The molecule has 1 aliphatic rings. The molecular formula is C15H21N3OS. The van der Waals surface area contributed by atoms with Crippen LogP contribution >= 0.6 is 11.3 Å². The maximum atomic E-state index is 5.32. The lowest BCUT2D eigenvalue weighted by molar-refractivity contribution is 0.189. The van der Waals surface area contributed by atoms with E-state index in [0.29, 0.717) is 0 Å². The minimum absolute atomic E-state index is 0.724. The zero-order valence-corrected chi connectivity index (χ0v) is 12.7. The molecule has 20 heavy (non-hydrogen) atoms. The van der Waals surface area contributed by atoms with Crippen molar-refractivity contribution in [3.8, 4) is 10.7 Å². The molecule has 0 amide bonds. The van der Waals surface area contributed by atoms with Crippen LogP contribution in [0.1, 0.15) is 32.1 Å². The summed E-state index contributed by atoms with van der Waals surface area (Å²) in [6, 6.07) is 4.03. The Morgan fingerprint density at radius 3 is 3.00 bits per heavy atom. The Hall–Kier alpha value is -1.20. The van der Waals surface area contributed by atoms with Gasteiger partial charge in [0, 0.05) is 6.42 Å². The highest BCUT2D eigenvalue weighted by atomic mass is 32.1. The number of nitrogens with zero attached hydrogens (tertiary/aromatic N) is 3. The van der Waals surface area contributed by atoms with Crippen LogP contribution in [0, 0.1) is 5.92 Å². The lowest BCUT2D eigenvalue weighted by Crippen LogP contribution is -2.33. The Morgan fingerprint density at radius 2 is 2.25 bits per heavy atom. The van der Waals surface area contributed by atoms with E-state index >= 15 is 0 Å². The number of likely N-dealkylation sites (tertiary alicyclic amines) is 1. The standard InChI is InChI=1S/C15H21N3OS/c1-12-6-9-18(10-7-12)8-2-5-14-16-15(17-19-14)13-4-3-11-20-13/h3-4,11-12H,2,5-10H2,1H3. The number of aromatic nitrogens is 2. The monoisotopic (exact) mass is 291 g/mol. The number of hydrogen-bond acceptors (Lipinski definition) is 5. The van der Waals surface area contributed by atoms with E-state index in [2.05, 4.69) is 22.0 Å². The predicted molar refractivity (Wildman–Crippen MR) is 80.8 cm³/mol. The van der Waals surface area contributed by atoms with Crippen LogP contribution in [0.5, 0.6) is 0 Å². The van der Waals surface area contributed by atoms with E-state index in [4.69, 9.17) is 4.52 Å². The van der Waals surface area contributed by atoms with Gasteiger partial charge in [0.15, 0.2) is 0 Å². The predicted octanol–water partition coefficient (Wildman–Crippen LogP) is 3.46. The summed E-state index contributed by atoms with van der Waals surface area (Å²) in [5.74, 6) is 2.39. The number of hydrogen-bond donors (Lipinski definition) is 0. The summed E-state index contributed by atoms with van der Waals surface area (Å²) in [5, 5.41) is 6.08. The molecule has 1 saturated heterocycles. The van der Waals surface area contributed by atoms with Crippen molar-refractivity contribution >= 4 is 11.3 Å². The van der Waals surface area contributed by atoms with Crippen LogP contribution in [-0.2, 0) is 6.42 Å². The topological polar surface area (TPSA) is 42.2 Å². The van der Waals surface area contributed by atoms with Gasteiger partial charge in [-0.3, -0.25) is 0 Å². The third-order valence-corrected chi connectivity index (χ3v) is 4.82. The van der Waals surface area contributed by atoms with Gasteiger partial charge in [-0.1, -0.05) is 18.1 Å². The Kier molecular flexibility index (Phi) is 4.47. The van der Waals surface area contributed by atoms with Crippen LogP contribution in [0.3, 0.4) is 0 Å². The molecule has 0 spiro atoms. The van der Waals surface area contributed by atoms with Gasteiger partial charge in [0.1, 0.15) is 0 Å². The van der Waals surface area contributed by atoms with Crippen LogP contribution in [-0.4, -0.2) is 34.7 Å². The summed E-state index contributed by atoms with van der Waals surface area (Å²) in [6.07, 6.45) is 4.65. The molecule has 0 aliphatic carbocycles. The van der Waals surface area contributed by atoms with Crippen molar-refractivity contribution in [2.24, 2.45) is 5.92 Å². The van der Waals surface area contributed by atoms with Crippen molar-refractivity contribution in [3.63, 3.8) is 0 Å². The van der Waals surface area contributed by atoms with Gasteiger partial charge in [-0.15, -0.1) is 11.3 Å². The molecule has 1 aliphatic heterocycles. The van der Waals surface area contributed by atoms with Gasteiger partial charge in [0.25, 0.3) is 0 Å². The molecule has 0 saturated carbocycles. The van der Waals surface area contributed by atoms with E-state index < -0.39 is 0 Å². The van der Waals surface area contributed by atoms with Crippen molar-refractivity contribution in [1.82, 2.24) is 15.0 Å². The lowest BCUT2D eigenvalue weighted by atomic mass is 9.99. The number of piperidine rings is 1. The molecular weight excluding hydrogens is 270 g/mol. The summed E-state index contributed by atoms with van der Waals surface area (Å²) >= 11 is 1.64. The zero-order valence-electron chi connectivity index (χ0n) is 11.9. The highest BCUT2D eigenvalue weighted by Crippen LogP contribution is 2.21. The first kappa shape index (κ1) is 13.8. The van der Waals surface area contributed by atoms with Gasteiger partial charge in [-0.05, 0) is 56.3 Å². The SMILES string of the molecule is CC1CCN(CCCc2nc(-c3cccs3)no2)CC1. The van der Waals surface area contributed by atoms with Crippen LogP contribution < -0.4 is 0 Å². The van der Waals surface area contributed by atoms with Crippen molar-refractivity contribution in [2.75, 3.05) is 19.6 Å². The van der Waals surface area contributed by atoms with Gasteiger partial charge in [-0.2, -0.15) is 4.98 Å². The zero-order chi connectivity index (χ0) is 13.8. The van der Waals surface area contributed by atoms with Crippen LogP contribution in [0.4, 0.5) is 0 Å². The van der Waals surface area contributed by atoms with E-state index in [1.165, 1.54) is 25.9 Å². The maximum absolute atomic E-state index is 5.32. The molecule has 2 aromatic rings. The summed E-state index contributed by atoms with van der Waals surface area (Å²) in [7, 11) is 0. The van der Waals surface area contributed by atoms with Crippen molar-refractivity contribution in [2.45, 2.75) is 32.6 Å². The molecule has 0 bridgehead atoms. The molecule has 0 unspecified atom stereocenters. The van der Waals surface area contributed by atoms with E-state index in [0.717, 1.165) is 41.9 Å². The Balaban J connectivity index is 1.45. The minimum atomic E-state index is 0.724. The highest BCUT2D eigenvalue weighted by Gasteiger charge is 2.15. The van der Waals surface area contributed by atoms with E-state index in [1.54, 1.807) is 11.3 Å². The summed E-state index contributed by atoms with van der Waals surface area (Å²) in [4.78, 5) is 8.09. The summed E-state index contributed by atoms with van der Waals surface area (Å²) in [6.45, 7) is 5.97. The molecule has 108 valence electrons. The molecule has 2 aromatic heterocycles.